The maximum absolute atomic E-state index is 5.68. The Morgan fingerprint density at radius 2 is 1.69 bits per heavy atom. The van der Waals surface area contributed by atoms with Crippen molar-refractivity contribution in [1.82, 2.24) is 0 Å². The van der Waals surface area contributed by atoms with Gasteiger partial charge in [-0.1, -0.05) is 6.08 Å². The van der Waals surface area contributed by atoms with Gasteiger partial charge in [0.2, 0.25) is 6.04 Å². The lowest BCUT2D eigenvalue weighted by Gasteiger charge is -2.26. The van der Waals surface area contributed by atoms with Crippen LogP contribution in [0.1, 0.15) is 17.2 Å². The molecule has 1 aromatic rings. The Balaban J connectivity index is 1.89. The molecule has 0 saturated carbocycles. The minimum absolute atomic E-state index is 0.149. The molecule has 2 unspecified atom stereocenters. The number of hydrogen-bond acceptors (Lipinski definition) is 4. The molecule has 0 spiro atoms. The van der Waals surface area contributed by atoms with E-state index in [2.05, 4.69) is 42.1 Å². The monoisotopic (exact) mass is 354 g/mol. The van der Waals surface area contributed by atoms with Gasteiger partial charge in [-0.3, -0.25) is 0 Å². The van der Waals surface area contributed by atoms with E-state index in [1.807, 2.05) is 0 Å². The SMILES string of the molecule is COC1=C2C=[N+](C)C3C(=C2C=CC1OC)Cc1cc(OC)c(OC)cc13. The standard InChI is InChI=1S/C21H24NO4/c1-22-11-16-13(6-7-17(23-2)21(16)26-5)15-8-12-9-18(24-3)19(25-4)10-14(12)20(15)22/h6-7,9-11,17,20H,8H2,1-5H3/q+1. The highest BCUT2D eigenvalue weighted by molar-refractivity contribution is 5.87. The summed E-state index contributed by atoms with van der Waals surface area (Å²) >= 11 is 0. The number of hydrogen-bond donors (Lipinski definition) is 0. The number of rotatable bonds is 4. The van der Waals surface area contributed by atoms with Crippen molar-refractivity contribution in [2.24, 2.45) is 0 Å². The van der Waals surface area contributed by atoms with Crippen LogP contribution in [0.3, 0.4) is 0 Å². The number of nitrogens with zero attached hydrogens (tertiary/aromatic N) is 1. The summed E-state index contributed by atoms with van der Waals surface area (Å²) < 4.78 is 24.5. The van der Waals surface area contributed by atoms with Crippen molar-refractivity contribution in [3.8, 4) is 11.5 Å². The first-order valence-electron chi connectivity index (χ1n) is 8.67. The lowest BCUT2D eigenvalue weighted by Crippen LogP contribution is -2.27. The number of methoxy groups -OCH3 is 4. The number of fused-ring (bicyclic) bond motifs is 4. The first kappa shape index (κ1) is 16.9. The maximum Gasteiger partial charge on any atom is 0.200 e. The van der Waals surface area contributed by atoms with Gasteiger partial charge < -0.3 is 18.9 Å². The third-order valence-corrected chi connectivity index (χ3v) is 5.46. The van der Waals surface area contributed by atoms with Crippen molar-refractivity contribution in [2.45, 2.75) is 18.6 Å². The first-order chi connectivity index (χ1) is 12.6. The summed E-state index contributed by atoms with van der Waals surface area (Å²) in [7, 11) is 8.86. The lowest BCUT2D eigenvalue weighted by atomic mass is 9.87. The zero-order chi connectivity index (χ0) is 18.4. The van der Waals surface area contributed by atoms with Crippen LogP contribution in [-0.2, 0) is 15.9 Å². The lowest BCUT2D eigenvalue weighted by molar-refractivity contribution is -0.530. The molecule has 0 aromatic heterocycles. The van der Waals surface area contributed by atoms with Gasteiger partial charge in [-0.05, 0) is 29.3 Å². The third kappa shape index (κ3) is 2.31. The molecule has 1 aliphatic heterocycles. The molecule has 26 heavy (non-hydrogen) atoms. The van der Waals surface area contributed by atoms with Gasteiger partial charge in [0.25, 0.3) is 0 Å². The van der Waals surface area contributed by atoms with E-state index in [0.717, 1.165) is 29.3 Å². The first-order valence-corrected chi connectivity index (χ1v) is 8.67. The van der Waals surface area contributed by atoms with Gasteiger partial charge in [-0.15, -0.1) is 0 Å². The van der Waals surface area contributed by atoms with Crippen LogP contribution in [0.25, 0.3) is 0 Å². The number of likely N-dealkylation sites (N-methyl/N-ethyl adjacent to an activating group) is 1. The Morgan fingerprint density at radius 3 is 2.35 bits per heavy atom. The molecule has 0 amide bonds. The van der Waals surface area contributed by atoms with Crippen LogP contribution in [0, 0.1) is 0 Å². The second kappa shape index (κ2) is 6.32. The van der Waals surface area contributed by atoms with Crippen LogP contribution in [0.4, 0.5) is 0 Å². The molecular formula is C21H24NO4+. The number of ether oxygens (including phenoxy) is 4. The van der Waals surface area contributed by atoms with Crippen molar-refractivity contribution in [3.05, 3.63) is 57.9 Å². The molecule has 2 aliphatic carbocycles. The highest BCUT2D eigenvalue weighted by Gasteiger charge is 2.42. The van der Waals surface area contributed by atoms with Crippen LogP contribution in [0.5, 0.6) is 11.5 Å². The summed E-state index contributed by atoms with van der Waals surface area (Å²) in [6, 6.07) is 4.40. The molecule has 0 radical (unpaired) electrons. The fourth-order valence-electron chi connectivity index (χ4n) is 4.29. The van der Waals surface area contributed by atoms with E-state index >= 15 is 0 Å². The van der Waals surface area contributed by atoms with E-state index in [1.54, 1.807) is 28.4 Å². The normalized spacial score (nSPS) is 23.3. The Hall–Kier alpha value is -2.53. The second-order valence-electron chi connectivity index (χ2n) is 6.72. The van der Waals surface area contributed by atoms with Crippen LogP contribution in [-0.4, -0.2) is 52.4 Å². The zero-order valence-electron chi connectivity index (χ0n) is 15.8. The molecule has 136 valence electrons. The largest absolute Gasteiger partial charge is 0.497 e. The highest BCUT2D eigenvalue weighted by Crippen LogP contribution is 2.47. The Morgan fingerprint density at radius 1 is 0.962 bits per heavy atom. The molecule has 0 bridgehead atoms. The van der Waals surface area contributed by atoms with E-state index in [-0.39, 0.29) is 12.1 Å². The minimum atomic E-state index is -0.149. The van der Waals surface area contributed by atoms with Crippen LogP contribution >= 0.6 is 0 Å². The second-order valence-corrected chi connectivity index (χ2v) is 6.72. The van der Waals surface area contributed by atoms with Crippen molar-refractivity contribution in [1.29, 1.82) is 0 Å². The zero-order valence-corrected chi connectivity index (χ0v) is 15.8. The third-order valence-electron chi connectivity index (χ3n) is 5.46. The predicted molar refractivity (Wildman–Crippen MR) is 99.2 cm³/mol. The Labute approximate surface area is 153 Å². The smallest absolute Gasteiger partial charge is 0.200 e. The Kier molecular flexibility index (Phi) is 4.11. The maximum atomic E-state index is 5.68. The van der Waals surface area contributed by atoms with Crippen molar-refractivity contribution in [3.63, 3.8) is 0 Å². The van der Waals surface area contributed by atoms with Crippen molar-refractivity contribution >= 4 is 6.21 Å². The highest BCUT2D eigenvalue weighted by atomic mass is 16.5. The molecular weight excluding hydrogens is 330 g/mol. The Bertz CT molecular complexity index is 892. The topological polar surface area (TPSA) is 39.9 Å². The summed E-state index contributed by atoms with van der Waals surface area (Å²) in [5, 5.41) is 0. The van der Waals surface area contributed by atoms with Gasteiger partial charge in [0.1, 0.15) is 18.9 Å². The average Bonchev–Trinajstić information content (AvgIpc) is 3.04. The van der Waals surface area contributed by atoms with E-state index in [9.17, 15) is 0 Å². The summed E-state index contributed by atoms with van der Waals surface area (Å²) in [6.45, 7) is 0. The molecule has 0 saturated heterocycles. The molecule has 1 aromatic carbocycles. The fourth-order valence-corrected chi connectivity index (χ4v) is 4.29. The summed E-state index contributed by atoms with van der Waals surface area (Å²) in [5.41, 5.74) is 6.24. The van der Waals surface area contributed by atoms with E-state index < -0.39 is 0 Å². The quantitative estimate of drug-likeness (QED) is 0.780. The molecule has 5 nitrogen and oxygen atoms in total. The molecule has 3 aliphatic rings. The van der Waals surface area contributed by atoms with Gasteiger partial charge in [-0.25, -0.2) is 4.58 Å². The van der Waals surface area contributed by atoms with Gasteiger partial charge in [0.15, 0.2) is 17.7 Å². The van der Waals surface area contributed by atoms with Crippen molar-refractivity contribution in [2.75, 3.05) is 35.5 Å². The average molecular weight is 354 g/mol. The van der Waals surface area contributed by atoms with Crippen molar-refractivity contribution < 1.29 is 23.5 Å². The molecule has 4 rings (SSSR count). The predicted octanol–water partition coefficient (Wildman–Crippen LogP) is 2.81. The van der Waals surface area contributed by atoms with Gasteiger partial charge in [0, 0.05) is 24.7 Å². The van der Waals surface area contributed by atoms with Gasteiger partial charge in [-0.2, -0.15) is 0 Å². The van der Waals surface area contributed by atoms with E-state index in [1.165, 1.54) is 22.3 Å². The summed E-state index contributed by atoms with van der Waals surface area (Å²) in [5.74, 6) is 2.39. The number of benzene rings is 1. The molecule has 0 N–H and O–H groups in total. The molecule has 2 atom stereocenters. The van der Waals surface area contributed by atoms with Gasteiger partial charge in [0.05, 0.1) is 26.9 Å². The number of allylic oxidation sites excluding steroid dienone is 3. The molecule has 1 heterocycles. The molecule has 5 heteroatoms. The van der Waals surface area contributed by atoms with Gasteiger partial charge >= 0.3 is 0 Å². The van der Waals surface area contributed by atoms with E-state index in [4.69, 9.17) is 18.9 Å². The van der Waals surface area contributed by atoms with E-state index in [0.29, 0.717) is 0 Å². The van der Waals surface area contributed by atoms with Crippen LogP contribution < -0.4 is 9.47 Å². The van der Waals surface area contributed by atoms with Crippen LogP contribution in [0.15, 0.2) is 46.8 Å². The minimum Gasteiger partial charge on any atom is -0.497 e. The van der Waals surface area contributed by atoms with Crippen LogP contribution in [0.2, 0.25) is 0 Å². The summed E-state index contributed by atoms with van der Waals surface area (Å²) in [4.78, 5) is 0. The molecule has 0 fully saturated rings. The summed E-state index contributed by atoms with van der Waals surface area (Å²) in [6.07, 6.45) is 7.12. The fraction of sp³-hybridized carbons (Fsp3) is 0.381.